The van der Waals surface area contributed by atoms with Crippen LogP contribution in [0.25, 0.3) is 0 Å². The number of rotatable bonds is 3. The number of aryl methyl sites for hydroxylation is 1. The molecule has 3 rings (SSSR count). The van der Waals surface area contributed by atoms with Crippen LogP contribution in [-0.2, 0) is 21.2 Å². The first-order valence-electron chi connectivity index (χ1n) is 8.17. The third-order valence-corrected chi connectivity index (χ3v) is 6.26. The van der Waals surface area contributed by atoms with Crippen molar-refractivity contribution < 1.29 is 26.4 Å². The predicted molar refractivity (Wildman–Crippen MR) is 85.5 cm³/mol. The van der Waals surface area contributed by atoms with Crippen molar-refractivity contribution in [1.29, 1.82) is 0 Å². The monoisotopic (exact) mass is 376 g/mol. The maximum atomic E-state index is 12.9. The molecule has 25 heavy (non-hydrogen) atoms. The van der Waals surface area contributed by atoms with E-state index in [1.54, 1.807) is 0 Å². The van der Waals surface area contributed by atoms with Gasteiger partial charge in [-0.25, -0.2) is 13.1 Å². The molecule has 1 amide bonds. The first-order chi connectivity index (χ1) is 11.6. The molecule has 2 N–H and O–H groups in total. The average Bonchev–Trinajstić information content (AvgIpc) is 2.53. The smallest absolute Gasteiger partial charge is 0.326 e. The molecular weight excluding hydrogens is 357 g/mol. The van der Waals surface area contributed by atoms with Gasteiger partial charge in [-0.2, -0.15) is 13.2 Å². The Morgan fingerprint density at radius 3 is 2.64 bits per heavy atom. The first-order valence-corrected chi connectivity index (χ1v) is 9.65. The molecule has 1 aliphatic heterocycles. The van der Waals surface area contributed by atoms with Crippen LogP contribution in [0.4, 0.5) is 18.9 Å². The zero-order chi connectivity index (χ0) is 18.2. The summed E-state index contributed by atoms with van der Waals surface area (Å²) < 4.78 is 66.1. The second kappa shape index (κ2) is 6.60. The zero-order valence-corrected chi connectivity index (χ0v) is 14.2. The molecule has 0 unspecified atom stereocenters. The predicted octanol–water partition coefficient (Wildman–Crippen LogP) is 2.97. The summed E-state index contributed by atoms with van der Waals surface area (Å²) in [5.74, 6) is -1.59. The lowest BCUT2D eigenvalue weighted by Crippen LogP contribution is -2.41. The third-order valence-electron chi connectivity index (χ3n) is 4.74. The number of benzene rings is 1. The van der Waals surface area contributed by atoms with E-state index < -0.39 is 28.2 Å². The summed E-state index contributed by atoms with van der Waals surface area (Å²) in [6.07, 6.45) is -3.04. The van der Waals surface area contributed by atoms with Gasteiger partial charge in [-0.1, -0.05) is 6.42 Å². The van der Waals surface area contributed by atoms with Crippen molar-refractivity contribution in [2.45, 2.75) is 55.6 Å². The van der Waals surface area contributed by atoms with E-state index in [1.165, 1.54) is 18.2 Å². The van der Waals surface area contributed by atoms with Crippen molar-refractivity contribution >= 4 is 21.6 Å². The average molecular weight is 376 g/mol. The number of halogens is 3. The van der Waals surface area contributed by atoms with Crippen molar-refractivity contribution in [3.63, 3.8) is 0 Å². The molecule has 1 aromatic carbocycles. The molecule has 0 bridgehead atoms. The molecule has 1 heterocycles. The topological polar surface area (TPSA) is 75.3 Å². The van der Waals surface area contributed by atoms with Crippen molar-refractivity contribution in [2.24, 2.45) is 5.92 Å². The minimum absolute atomic E-state index is 0.0107. The van der Waals surface area contributed by atoms with E-state index in [-0.39, 0.29) is 30.1 Å². The summed E-state index contributed by atoms with van der Waals surface area (Å²) in [6.45, 7) is 0. The van der Waals surface area contributed by atoms with E-state index in [0.717, 1.165) is 0 Å². The highest BCUT2D eigenvalue weighted by Gasteiger charge is 2.42. The Hall–Kier alpha value is -1.61. The quantitative estimate of drug-likeness (QED) is 0.852. The number of nitrogens with one attached hydrogen (secondary N) is 2. The van der Waals surface area contributed by atoms with Crippen LogP contribution in [0.3, 0.4) is 0 Å². The van der Waals surface area contributed by atoms with Crippen molar-refractivity contribution in [3.8, 4) is 0 Å². The van der Waals surface area contributed by atoms with E-state index in [0.29, 0.717) is 30.5 Å². The molecule has 1 aromatic rings. The van der Waals surface area contributed by atoms with Crippen molar-refractivity contribution in [2.75, 3.05) is 5.32 Å². The number of fused-ring (bicyclic) bond motifs is 1. The van der Waals surface area contributed by atoms with Crippen LogP contribution in [0, 0.1) is 5.92 Å². The second-order valence-electron chi connectivity index (χ2n) is 6.59. The Bertz CT molecular complexity index is 777. The minimum Gasteiger partial charge on any atom is -0.326 e. The number of anilines is 1. The van der Waals surface area contributed by atoms with E-state index >= 15 is 0 Å². The summed E-state index contributed by atoms with van der Waals surface area (Å²) in [6, 6.07) is 3.62. The van der Waals surface area contributed by atoms with Crippen LogP contribution in [0.2, 0.25) is 0 Å². The normalized spacial score (nSPS) is 24.5. The summed E-state index contributed by atoms with van der Waals surface area (Å²) in [5, 5.41) is 2.66. The SMILES string of the molecule is O=C1CCc2cc(S(=O)(=O)N[C@@H]3CCC[C@@H](C(F)(F)F)C3)ccc2N1. The number of hydrogen-bond acceptors (Lipinski definition) is 3. The third kappa shape index (κ3) is 4.14. The van der Waals surface area contributed by atoms with E-state index in [1.807, 2.05) is 0 Å². The lowest BCUT2D eigenvalue weighted by atomic mass is 9.86. The van der Waals surface area contributed by atoms with Gasteiger partial charge in [0.15, 0.2) is 0 Å². The summed E-state index contributed by atoms with van der Waals surface area (Å²) >= 11 is 0. The Morgan fingerprint density at radius 1 is 1.16 bits per heavy atom. The van der Waals surface area contributed by atoms with Gasteiger partial charge in [0.25, 0.3) is 0 Å². The van der Waals surface area contributed by atoms with Crippen LogP contribution in [0.15, 0.2) is 23.1 Å². The van der Waals surface area contributed by atoms with Gasteiger partial charge in [0, 0.05) is 18.2 Å². The Morgan fingerprint density at radius 2 is 1.92 bits per heavy atom. The fraction of sp³-hybridized carbons (Fsp3) is 0.562. The maximum absolute atomic E-state index is 12.9. The fourth-order valence-electron chi connectivity index (χ4n) is 3.41. The molecule has 2 aliphatic rings. The van der Waals surface area contributed by atoms with Gasteiger partial charge >= 0.3 is 6.18 Å². The molecule has 1 aliphatic carbocycles. The highest BCUT2D eigenvalue weighted by atomic mass is 32.2. The standard InChI is InChI=1S/C16H19F3N2O3S/c17-16(18,19)11-2-1-3-12(9-11)21-25(23,24)13-5-6-14-10(8-13)4-7-15(22)20-14/h5-6,8,11-12,21H,1-4,7,9H2,(H,20,22)/t11-,12-/m1/s1. The summed E-state index contributed by atoms with van der Waals surface area (Å²) in [5.41, 5.74) is 1.28. The molecule has 9 heteroatoms. The molecule has 1 saturated carbocycles. The van der Waals surface area contributed by atoms with Crippen molar-refractivity contribution in [3.05, 3.63) is 23.8 Å². The highest BCUT2D eigenvalue weighted by molar-refractivity contribution is 7.89. The second-order valence-corrected chi connectivity index (χ2v) is 8.30. The van der Waals surface area contributed by atoms with Gasteiger partial charge in [-0.3, -0.25) is 4.79 Å². The molecular formula is C16H19F3N2O3S. The molecule has 0 spiro atoms. The minimum atomic E-state index is -4.30. The number of carbonyl (C=O) groups excluding carboxylic acids is 1. The maximum Gasteiger partial charge on any atom is 0.391 e. The Balaban J connectivity index is 1.75. The van der Waals surface area contributed by atoms with Crippen LogP contribution in [0.1, 0.15) is 37.7 Å². The molecule has 138 valence electrons. The van der Waals surface area contributed by atoms with E-state index in [4.69, 9.17) is 0 Å². The first kappa shape index (κ1) is 18.2. The lowest BCUT2D eigenvalue weighted by molar-refractivity contribution is -0.183. The van der Waals surface area contributed by atoms with E-state index in [2.05, 4.69) is 10.0 Å². The van der Waals surface area contributed by atoms with Gasteiger partial charge in [-0.05, 0) is 49.4 Å². The summed E-state index contributed by atoms with van der Waals surface area (Å²) in [4.78, 5) is 11.4. The Labute approximate surface area is 144 Å². The van der Waals surface area contributed by atoms with Crippen molar-refractivity contribution in [1.82, 2.24) is 4.72 Å². The lowest BCUT2D eigenvalue weighted by Gasteiger charge is -2.30. The van der Waals surface area contributed by atoms with Crippen LogP contribution in [-0.4, -0.2) is 26.5 Å². The van der Waals surface area contributed by atoms with Gasteiger partial charge < -0.3 is 5.32 Å². The van der Waals surface area contributed by atoms with Gasteiger partial charge in [-0.15, -0.1) is 0 Å². The molecule has 0 radical (unpaired) electrons. The number of hydrogen-bond donors (Lipinski definition) is 2. The highest BCUT2D eigenvalue weighted by Crippen LogP contribution is 2.38. The number of alkyl halides is 3. The van der Waals surface area contributed by atoms with E-state index in [9.17, 15) is 26.4 Å². The molecule has 1 fully saturated rings. The largest absolute Gasteiger partial charge is 0.391 e. The van der Waals surface area contributed by atoms with Gasteiger partial charge in [0.2, 0.25) is 15.9 Å². The van der Waals surface area contributed by atoms with Crippen LogP contribution < -0.4 is 10.0 Å². The number of sulfonamides is 1. The molecule has 5 nitrogen and oxygen atoms in total. The number of carbonyl (C=O) groups is 1. The molecule has 0 saturated heterocycles. The molecule has 2 atom stereocenters. The Kier molecular flexibility index (Phi) is 4.80. The zero-order valence-electron chi connectivity index (χ0n) is 13.4. The van der Waals surface area contributed by atoms with Crippen LogP contribution in [0.5, 0.6) is 0 Å². The fourth-order valence-corrected chi connectivity index (χ4v) is 4.74. The number of amides is 1. The summed E-state index contributed by atoms with van der Waals surface area (Å²) in [7, 11) is -3.91. The molecule has 0 aromatic heterocycles. The van der Waals surface area contributed by atoms with Gasteiger partial charge in [0.05, 0.1) is 10.8 Å². The van der Waals surface area contributed by atoms with Gasteiger partial charge in [0.1, 0.15) is 0 Å². The van der Waals surface area contributed by atoms with Crippen LogP contribution >= 0.6 is 0 Å².